The third-order valence-corrected chi connectivity index (χ3v) is 5.20. The van der Waals surface area contributed by atoms with Gasteiger partial charge in [0.15, 0.2) is 6.61 Å². The second-order valence-electron chi connectivity index (χ2n) is 7.37. The van der Waals surface area contributed by atoms with E-state index in [1.807, 2.05) is 24.8 Å². The van der Waals surface area contributed by atoms with Crippen LogP contribution in [-0.4, -0.2) is 89.8 Å². The van der Waals surface area contributed by atoms with E-state index >= 15 is 0 Å². The van der Waals surface area contributed by atoms with E-state index in [2.05, 4.69) is 29.7 Å². The first-order valence-electron chi connectivity index (χ1n) is 10.2. The van der Waals surface area contributed by atoms with Crippen LogP contribution in [0.5, 0.6) is 6.01 Å². The minimum atomic E-state index is -0.0624. The minimum Gasteiger partial charge on any atom is -0.453 e. The normalized spacial score (nSPS) is 17.2. The van der Waals surface area contributed by atoms with Gasteiger partial charge in [-0.1, -0.05) is 0 Å². The van der Waals surface area contributed by atoms with Crippen LogP contribution in [0, 0.1) is 13.8 Å². The van der Waals surface area contributed by atoms with Crippen molar-refractivity contribution in [1.29, 1.82) is 0 Å². The summed E-state index contributed by atoms with van der Waals surface area (Å²) in [6.45, 7) is 9.48. The molecule has 0 bridgehead atoms. The fraction of sp³-hybridized carbons (Fsp3) is 0.550. The number of hydrogen-bond acceptors (Lipinski definition) is 9. The number of carbonyl (C=O) groups is 1. The van der Waals surface area contributed by atoms with Gasteiger partial charge in [-0.2, -0.15) is 0 Å². The maximum absolute atomic E-state index is 12.5. The molecule has 2 fully saturated rings. The number of aryl methyl sites for hydroxylation is 2. The van der Waals surface area contributed by atoms with Crippen LogP contribution in [0.2, 0.25) is 0 Å². The molecule has 0 saturated carbocycles. The van der Waals surface area contributed by atoms with Crippen molar-refractivity contribution in [2.75, 3.05) is 68.9 Å². The average molecular weight is 413 g/mol. The fourth-order valence-electron chi connectivity index (χ4n) is 3.55. The maximum atomic E-state index is 12.5. The second kappa shape index (κ2) is 9.21. The molecule has 4 rings (SSSR count). The Morgan fingerprint density at radius 3 is 2.33 bits per heavy atom. The van der Waals surface area contributed by atoms with Gasteiger partial charge in [0.2, 0.25) is 0 Å². The van der Waals surface area contributed by atoms with Crippen LogP contribution < -0.4 is 14.5 Å². The largest absolute Gasteiger partial charge is 0.453 e. The van der Waals surface area contributed by atoms with E-state index in [1.165, 1.54) is 0 Å². The monoisotopic (exact) mass is 413 g/mol. The summed E-state index contributed by atoms with van der Waals surface area (Å²) in [6, 6.07) is 4.05. The van der Waals surface area contributed by atoms with Crippen molar-refractivity contribution in [3.63, 3.8) is 0 Å². The summed E-state index contributed by atoms with van der Waals surface area (Å²) in [5.41, 5.74) is 0.803. The van der Waals surface area contributed by atoms with Crippen LogP contribution in [-0.2, 0) is 9.53 Å². The number of morpholine rings is 1. The lowest BCUT2D eigenvalue weighted by Crippen LogP contribution is -2.50. The molecule has 0 N–H and O–H groups in total. The Hall–Kier alpha value is -3.01. The van der Waals surface area contributed by atoms with Gasteiger partial charge in [-0.3, -0.25) is 4.79 Å². The molecule has 2 aliphatic heterocycles. The number of amides is 1. The van der Waals surface area contributed by atoms with Crippen LogP contribution >= 0.6 is 0 Å². The quantitative estimate of drug-likeness (QED) is 0.692. The van der Waals surface area contributed by atoms with Gasteiger partial charge in [0.05, 0.1) is 13.2 Å². The molecule has 1 amide bonds. The molecule has 160 valence electrons. The van der Waals surface area contributed by atoms with E-state index in [1.54, 1.807) is 12.3 Å². The minimum absolute atomic E-state index is 0.0583. The Bertz CT molecular complexity index is 880. The number of hydrogen-bond donors (Lipinski definition) is 0. The molecule has 2 saturated heterocycles. The molecule has 2 aromatic heterocycles. The van der Waals surface area contributed by atoms with Crippen LogP contribution in [0.1, 0.15) is 11.5 Å². The van der Waals surface area contributed by atoms with Gasteiger partial charge in [0.25, 0.3) is 5.91 Å². The summed E-state index contributed by atoms with van der Waals surface area (Å²) in [4.78, 5) is 36.1. The molecule has 0 spiro atoms. The fourth-order valence-corrected chi connectivity index (χ4v) is 3.55. The Morgan fingerprint density at radius 1 is 1.00 bits per heavy atom. The van der Waals surface area contributed by atoms with Crippen molar-refractivity contribution >= 4 is 17.5 Å². The van der Waals surface area contributed by atoms with E-state index in [9.17, 15) is 4.79 Å². The SMILES string of the molecule is Cc1ccnc(OCC(=O)N2CCN(c3cc(N4CCOCC4)nc(C)n3)CC2)n1. The molecule has 2 aliphatic rings. The number of aromatic nitrogens is 4. The number of ether oxygens (including phenoxy) is 2. The first-order chi connectivity index (χ1) is 14.6. The highest BCUT2D eigenvalue weighted by Gasteiger charge is 2.24. The van der Waals surface area contributed by atoms with Crippen molar-refractivity contribution in [3.05, 3.63) is 29.8 Å². The highest BCUT2D eigenvalue weighted by atomic mass is 16.5. The summed E-state index contributed by atoms with van der Waals surface area (Å²) in [7, 11) is 0. The topological polar surface area (TPSA) is 96.8 Å². The number of anilines is 2. The Kier molecular flexibility index (Phi) is 6.22. The van der Waals surface area contributed by atoms with Gasteiger partial charge >= 0.3 is 6.01 Å². The summed E-state index contributed by atoms with van der Waals surface area (Å²) >= 11 is 0. The molecular weight excluding hydrogens is 386 g/mol. The van der Waals surface area contributed by atoms with Crippen molar-refractivity contribution in [1.82, 2.24) is 24.8 Å². The highest BCUT2D eigenvalue weighted by Crippen LogP contribution is 2.21. The predicted octanol–water partition coefficient (Wildman–Crippen LogP) is 0.448. The zero-order chi connectivity index (χ0) is 20.9. The standard InChI is InChI=1S/C20H27N7O3/c1-15-3-4-21-20(22-15)30-14-19(28)27-7-5-25(6-8-27)17-13-18(24-16(2)23-17)26-9-11-29-12-10-26/h3-4,13H,5-12,14H2,1-2H3. The predicted molar refractivity (Wildman–Crippen MR) is 111 cm³/mol. The summed E-state index contributed by atoms with van der Waals surface area (Å²) in [5, 5.41) is 0. The zero-order valence-corrected chi connectivity index (χ0v) is 17.5. The van der Waals surface area contributed by atoms with E-state index in [0.717, 1.165) is 49.5 Å². The van der Waals surface area contributed by atoms with Crippen molar-refractivity contribution < 1.29 is 14.3 Å². The molecule has 30 heavy (non-hydrogen) atoms. The Morgan fingerprint density at radius 2 is 1.67 bits per heavy atom. The summed E-state index contributed by atoms with van der Waals surface area (Å²) in [5.74, 6) is 2.53. The molecule has 2 aromatic rings. The third-order valence-electron chi connectivity index (χ3n) is 5.20. The van der Waals surface area contributed by atoms with Crippen molar-refractivity contribution in [3.8, 4) is 6.01 Å². The molecular formula is C20H27N7O3. The molecule has 0 radical (unpaired) electrons. The van der Waals surface area contributed by atoms with Crippen LogP contribution in [0.3, 0.4) is 0 Å². The second-order valence-corrected chi connectivity index (χ2v) is 7.37. The maximum Gasteiger partial charge on any atom is 0.317 e. The molecule has 0 aliphatic carbocycles. The van der Waals surface area contributed by atoms with E-state index in [4.69, 9.17) is 9.47 Å². The molecule has 10 heteroatoms. The first kappa shape index (κ1) is 20.3. The summed E-state index contributed by atoms with van der Waals surface area (Å²) < 4.78 is 10.9. The van der Waals surface area contributed by atoms with Crippen LogP contribution in [0.25, 0.3) is 0 Å². The summed E-state index contributed by atoms with van der Waals surface area (Å²) in [6.07, 6.45) is 1.62. The lowest BCUT2D eigenvalue weighted by molar-refractivity contribution is -0.133. The number of carbonyl (C=O) groups excluding carboxylic acids is 1. The zero-order valence-electron chi connectivity index (χ0n) is 17.5. The van der Waals surface area contributed by atoms with Crippen LogP contribution in [0.4, 0.5) is 11.6 Å². The van der Waals surface area contributed by atoms with Crippen molar-refractivity contribution in [2.45, 2.75) is 13.8 Å². The highest BCUT2D eigenvalue weighted by molar-refractivity contribution is 5.78. The first-order valence-corrected chi connectivity index (χ1v) is 10.2. The molecule has 10 nitrogen and oxygen atoms in total. The lowest BCUT2D eigenvalue weighted by atomic mass is 10.3. The molecule has 4 heterocycles. The van der Waals surface area contributed by atoms with Gasteiger partial charge in [0.1, 0.15) is 17.5 Å². The average Bonchev–Trinajstić information content (AvgIpc) is 2.78. The number of piperazine rings is 1. The van der Waals surface area contributed by atoms with Gasteiger partial charge in [-0.15, -0.1) is 0 Å². The van der Waals surface area contributed by atoms with Gasteiger partial charge in [0, 0.05) is 57.2 Å². The Labute approximate surface area is 175 Å². The number of nitrogens with zero attached hydrogens (tertiary/aromatic N) is 7. The van der Waals surface area contributed by atoms with Gasteiger partial charge in [-0.05, 0) is 19.9 Å². The molecule has 0 atom stereocenters. The molecule has 0 aromatic carbocycles. The Balaban J connectivity index is 1.32. The number of rotatable bonds is 5. The lowest BCUT2D eigenvalue weighted by Gasteiger charge is -2.36. The van der Waals surface area contributed by atoms with Crippen molar-refractivity contribution in [2.24, 2.45) is 0 Å². The van der Waals surface area contributed by atoms with E-state index < -0.39 is 0 Å². The van der Waals surface area contributed by atoms with Gasteiger partial charge < -0.3 is 24.2 Å². The van der Waals surface area contributed by atoms with E-state index in [0.29, 0.717) is 26.2 Å². The molecule has 0 unspecified atom stereocenters. The third kappa shape index (κ3) is 4.93. The smallest absolute Gasteiger partial charge is 0.317 e. The van der Waals surface area contributed by atoms with Crippen LogP contribution in [0.15, 0.2) is 18.3 Å². The van der Waals surface area contributed by atoms with Gasteiger partial charge in [-0.25, -0.2) is 19.9 Å². The van der Waals surface area contributed by atoms with E-state index in [-0.39, 0.29) is 18.5 Å².